The monoisotopic (exact) mass is 503 g/mol. The number of ether oxygens (including phenoxy) is 1. The van der Waals surface area contributed by atoms with Crippen molar-refractivity contribution in [3.8, 4) is 5.75 Å². The lowest BCUT2D eigenvalue weighted by Gasteiger charge is -2.32. The second-order valence-electron chi connectivity index (χ2n) is 8.51. The molecule has 192 valence electrons. The summed E-state index contributed by atoms with van der Waals surface area (Å²) in [7, 11) is -0.919. The predicted molar refractivity (Wildman–Crippen MR) is 137 cm³/mol. The van der Waals surface area contributed by atoms with Crippen LogP contribution in [0, 0.1) is 6.92 Å². The van der Waals surface area contributed by atoms with Crippen LogP contribution in [0.3, 0.4) is 0 Å². The molecular weight excluding hydrogens is 466 g/mol. The Morgan fingerprint density at radius 1 is 1.03 bits per heavy atom. The normalized spacial score (nSPS) is 12.3. The van der Waals surface area contributed by atoms with Gasteiger partial charge in [-0.3, -0.25) is 9.59 Å². The SMILES string of the molecule is CCCCNC(=O)C(CC)N(Cc1ccc(OC)cc1)C(=O)CN(C)S(=O)(=O)c1ccc(C)cc1. The number of carbonyl (C=O) groups is 2. The van der Waals surface area contributed by atoms with E-state index in [0.717, 1.165) is 28.3 Å². The summed E-state index contributed by atoms with van der Waals surface area (Å²) in [6.07, 6.45) is 2.17. The Morgan fingerprint density at radius 3 is 2.20 bits per heavy atom. The molecule has 1 N–H and O–H groups in total. The Balaban J connectivity index is 2.29. The van der Waals surface area contributed by atoms with E-state index in [1.807, 2.05) is 32.9 Å². The van der Waals surface area contributed by atoms with Gasteiger partial charge in [-0.05, 0) is 49.6 Å². The van der Waals surface area contributed by atoms with Gasteiger partial charge >= 0.3 is 0 Å². The summed E-state index contributed by atoms with van der Waals surface area (Å²) < 4.78 is 32.3. The lowest BCUT2D eigenvalue weighted by atomic mass is 10.1. The zero-order valence-electron chi connectivity index (χ0n) is 21.3. The van der Waals surface area contributed by atoms with Crippen molar-refractivity contribution in [2.45, 2.75) is 57.5 Å². The highest BCUT2D eigenvalue weighted by atomic mass is 32.2. The molecule has 0 aliphatic carbocycles. The van der Waals surface area contributed by atoms with E-state index in [9.17, 15) is 18.0 Å². The third-order valence-electron chi connectivity index (χ3n) is 5.81. The fourth-order valence-corrected chi connectivity index (χ4v) is 4.73. The Morgan fingerprint density at radius 2 is 1.66 bits per heavy atom. The summed E-state index contributed by atoms with van der Waals surface area (Å²) in [4.78, 5) is 28.0. The summed E-state index contributed by atoms with van der Waals surface area (Å²) in [6.45, 7) is 6.06. The number of unbranched alkanes of at least 4 members (excludes halogenated alkanes) is 1. The Labute approximate surface area is 209 Å². The van der Waals surface area contributed by atoms with Gasteiger partial charge in [-0.1, -0.05) is 50.1 Å². The summed E-state index contributed by atoms with van der Waals surface area (Å²) in [5.74, 6) is -0.0109. The maximum atomic E-state index is 13.5. The number of carbonyl (C=O) groups excluding carboxylic acids is 2. The van der Waals surface area contributed by atoms with Crippen molar-refractivity contribution in [3.63, 3.8) is 0 Å². The topological polar surface area (TPSA) is 96.0 Å². The molecule has 0 aliphatic heterocycles. The van der Waals surface area contributed by atoms with E-state index in [-0.39, 0.29) is 23.9 Å². The number of methoxy groups -OCH3 is 1. The van der Waals surface area contributed by atoms with Gasteiger partial charge in [0.25, 0.3) is 0 Å². The molecule has 1 atom stereocenters. The first-order valence-electron chi connectivity index (χ1n) is 11.9. The van der Waals surface area contributed by atoms with E-state index in [1.54, 1.807) is 31.4 Å². The predicted octanol–water partition coefficient (Wildman–Crippen LogP) is 3.35. The van der Waals surface area contributed by atoms with Crippen LogP contribution in [-0.4, -0.2) is 62.7 Å². The van der Waals surface area contributed by atoms with Gasteiger partial charge in [-0.15, -0.1) is 0 Å². The second kappa shape index (κ2) is 13.3. The number of amides is 2. The molecule has 0 spiro atoms. The van der Waals surface area contributed by atoms with E-state index in [1.165, 1.54) is 24.1 Å². The Kier molecular flexibility index (Phi) is 10.7. The molecule has 0 fully saturated rings. The number of nitrogens with zero attached hydrogens (tertiary/aromatic N) is 2. The summed E-state index contributed by atoms with van der Waals surface area (Å²) in [6, 6.07) is 13.0. The average Bonchev–Trinajstić information content (AvgIpc) is 2.84. The first-order valence-corrected chi connectivity index (χ1v) is 13.3. The van der Waals surface area contributed by atoms with Crippen molar-refractivity contribution in [3.05, 3.63) is 59.7 Å². The molecule has 2 rings (SSSR count). The highest BCUT2D eigenvalue weighted by molar-refractivity contribution is 7.89. The molecule has 35 heavy (non-hydrogen) atoms. The van der Waals surface area contributed by atoms with E-state index >= 15 is 0 Å². The standard InChI is InChI=1S/C26H37N3O5S/c1-6-8-17-27-26(31)24(7-2)29(18-21-11-13-22(34-5)14-12-21)25(30)19-28(4)35(32,33)23-15-9-20(3)10-16-23/h9-16,24H,6-8,17-19H2,1-5H3,(H,27,31). The molecule has 0 saturated carbocycles. The molecule has 2 aromatic rings. The van der Waals surface area contributed by atoms with Crippen molar-refractivity contribution in [2.75, 3.05) is 27.2 Å². The molecule has 2 aromatic carbocycles. The molecule has 2 amide bonds. The molecule has 0 bridgehead atoms. The van der Waals surface area contributed by atoms with Gasteiger partial charge in [-0.2, -0.15) is 4.31 Å². The van der Waals surface area contributed by atoms with E-state index in [4.69, 9.17) is 4.74 Å². The quantitative estimate of drug-likeness (QED) is 0.423. The highest BCUT2D eigenvalue weighted by Crippen LogP contribution is 2.19. The zero-order valence-corrected chi connectivity index (χ0v) is 22.1. The molecule has 0 saturated heterocycles. The molecule has 9 heteroatoms. The van der Waals surface area contributed by atoms with Gasteiger partial charge in [0.2, 0.25) is 21.8 Å². The van der Waals surface area contributed by atoms with Gasteiger partial charge < -0.3 is 15.0 Å². The molecule has 1 unspecified atom stereocenters. The van der Waals surface area contributed by atoms with Crippen molar-refractivity contribution in [2.24, 2.45) is 0 Å². The zero-order chi connectivity index (χ0) is 26.0. The summed E-state index contributed by atoms with van der Waals surface area (Å²) in [5.41, 5.74) is 1.75. The maximum absolute atomic E-state index is 13.5. The second-order valence-corrected chi connectivity index (χ2v) is 10.6. The molecule has 0 aliphatic rings. The first kappa shape index (κ1) is 28.3. The van der Waals surface area contributed by atoms with Gasteiger partial charge in [0.05, 0.1) is 18.6 Å². The van der Waals surface area contributed by atoms with E-state index in [0.29, 0.717) is 18.7 Å². The minimum atomic E-state index is -3.87. The van der Waals surface area contributed by atoms with Crippen molar-refractivity contribution < 1.29 is 22.7 Å². The number of nitrogens with one attached hydrogen (secondary N) is 1. The molecule has 8 nitrogen and oxygen atoms in total. The van der Waals surface area contributed by atoms with Gasteiger partial charge in [-0.25, -0.2) is 8.42 Å². The van der Waals surface area contributed by atoms with Crippen LogP contribution in [0.15, 0.2) is 53.4 Å². The van der Waals surface area contributed by atoms with Crippen LogP contribution in [0.5, 0.6) is 5.75 Å². The average molecular weight is 504 g/mol. The number of benzene rings is 2. The minimum Gasteiger partial charge on any atom is -0.497 e. The van der Waals surface area contributed by atoms with E-state index in [2.05, 4.69) is 5.32 Å². The van der Waals surface area contributed by atoms with Crippen molar-refractivity contribution in [1.29, 1.82) is 0 Å². The first-order chi connectivity index (χ1) is 16.6. The molecular formula is C26H37N3O5S. The van der Waals surface area contributed by atoms with Crippen LogP contribution in [0.1, 0.15) is 44.2 Å². The third-order valence-corrected chi connectivity index (χ3v) is 7.63. The fourth-order valence-electron chi connectivity index (χ4n) is 3.61. The van der Waals surface area contributed by atoms with Crippen LogP contribution in [-0.2, 0) is 26.2 Å². The smallest absolute Gasteiger partial charge is 0.243 e. The lowest BCUT2D eigenvalue weighted by Crippen LogP contribution is -2.51. The van der Waals surface area contributed by atoms with Gasteiger partial charge in [0.15, 0.2) is 0 Å². The molecule has 0 heterocycles. The number of hydrogen-bond donors (Lipinski definition) is 1. The molecule has 0 aromatic heterocycles. The number of hydrogen-bond acceptors (Lipinski definition) is 5. The number of rotatable bonds is 13. The van der Waals surface area contributed by atoms with Crippen LogP contribution < -0.4 is 10.1 Å². The number of sulfonamides is 1. The number of likely N-dealkylation sites (N-methyl/N-ethyl adjacent to an activating group) is 1. The van der Waals surface area contributed by atoms with Crippen molar-refractivity contribution in [1.82, 2.24) is 14.5 Å². The Bertz CT molecular complexity index is 1070. The summed E-state index contributed by atoms with van der Waals surface area (Å²) >= 11 is 0. The largest absolute Gasteiger partial charge is 0.497 e. The lowest BCUT2D eigenvalue weighted by molar-refractivity contribution is -0.141. The maximum Gasteiger partial charge on any atom is 0.243 e. The van der Waals surface area contributed by atoms with Crippen LogP contribution in [0.25, 0.3) is 0 Å². The fraction of sp³-hybridized carbons (Fsp3) is 0.462. The van der Waals surface area contributed by atoms with Crippen LogP contribution >= 0.6 is 0 Å². The summed E-state index contributed by atoms with van der Waals surface area (Å²) in [5, 5.41) is 2.90. The number of aryl methyl sites for hydroxylation is 1. The van der Waals surface area contributed by atoms with E-state index < -0.39 is 22.0 Å². The van der Waals surface area contributed by atoms with Gasteiger partial charge in [0.1, 0.15) is 11.8 Å². The molecule has 0 radical (unpaired) electrons. The third kappa shape index (κ3) is 7.80. The Hall–Kier alpha value is -2.91. The minimum absolute atomic E-state index is 0.115. The van der Waals surface area contributed by atoms with Crippen LogP contribution in [0.2, 0.25) is 0 Å². The van der Waals surface area contributed by atoms with Crippen molar-refractivity contribution >= 4 is 21.8 Å². The highest BCUT2D eigenvalue weighted by Gasteiger charge is 2.31. The van der Waals surface area contributed by atoms with Gasteiger partial charge in [0, 0.05) is 20.1 Å². The van der Waals surface area contributed by atoms with Crippen LogP contribution in [0.4, 0.5) is 0 Å².